The highest BCUT2D eigenvalue weighted by Crippen LogP contribution is 2.51. The molecule has 0 bridgehead atoms. The van der Waals surface area contributed by atoms with Gasteiger partial charge in [-0.2, -0.15) is 0 Å². The van der Waals surface area contributed by atoms with Crippen molar-refractivity contribution in [2.24, 2.45) is 4.99 Å². The fourth-order valence-electron chi connectivity index (χ4n) is 4.01. The average molecular weight is 522 g/mol. The largest absolute Gasteiger partial charge is 0.497 e. The van der Waals surface area contributed by atoms with E-state index in [1.165, 1.54) is 17.3 Å². The molecule has 5 nitrogen and oxygen atoms in total. The van der Waals surface area contributed by atoms with Crippen LogP contribution in [0.25, 0.3) is 0 Å². The van der Waals surface area contributed by atoms with Gasteiger partial charge in [-0.15, -0.1) is 0 Å². The van der Waals surface area contributed by atoms with Crippen LogP contribution < -0.4 is 9.64 Å². The highest BCUT2D eigenvalue weighted by Gasteiger charge is 2.39. The summed E-state index contributed by atoms with van der Waals surface area (Å²) in [6, 6.07) is 23.6. The number of fused-ring (bicyclic) bond motifs is 1. The Hall–Kier alpha value is -2.87. The first kappa shape index (κ1) is 23.9. The Morgan fingerprint density at radius 3 is 2.46 bits per heavy atom. The first-order valence-corrected chi connectivity index (χ1v) is 13.3. The first-order chi connectivity index (χ1) is 17.1. The van der Waals surface area contributed by atoms with Crippen molar-refractivity contribution < 1.29 is 9.53 Å². The number of carbonyl (C=O) groups excluding carboxylic acids is 1. The zero-order valence-electron chi connectivity index (χ0n) is 19.4. The van der Waals surface area contributed by atoms with Gasteiger partial charge in [0.25, 0.3) is 5.91 Å². The number of carbonyl (C=O) groups is 1. The normalized spacial score (nSPS) is 18.5. The minimum atomic E-state index is -0.0157. The van der Waals surface area contributed by atoms with Gasteiger partial charge in [0.2, 0.25) is 0 Å². The fraction of sp³-hybridized carbons (Fsp3) is 0.185. The molecule has 0 aliphatic carbocycles. The zero-order chi connectivity index (χ0) is 24.4. The molecule has 3 aromatic rings. The Labute approximate surface area is 218 Å². The minimum absolute atomic E-state index is 0.0157. The van der Waals surface area contributed by atoms with Crippen LogP contribution in [0.5, 0.6) is 5.75 Å². The Morgan fingerprint density at radius 2 is 1.74 bits per heavy atom. The predicted molar refractivity (Wildman–Crippen MR) is 147 cm³/mol. The SMILES string of the molecule is CCN1/C(=C2/SC(=Nc3ccc(OC)cc3)N(CCc3ccccc3)C2=O)Sc2ccc(Cl)cc21. The molecule has 35 heavy (non-hydrogen) atoms. The van der Waals surface area contributed by atoms with E-state index in [4.69, 9.17) is 21.3 Å². The van der Waals surface area contributed by atoms with E-state index in [1.807, 2.05) is 60.7 Å². The summed E-state index contributed by atoms with van der Waals surface area (Å²) in [5.74, 6) is 0.753. The molecule has 178 valence electrons. The van der Waals surface area contributed by atoms with Crippen molar-refractivity contribution >= 4 is 57.6 Å². The van der Waals surface area contributed by atoms with Gasteiger partial charge in [-0.05, 0) is 73.1 Å². The number of amidine groups is 1. The van der Waals surface area contributed by atoms with Crippen LogP contribution in [-0.2, 0) is 11.2 Å². The van der Waals surface area contributed by atoms with Gasteiger partial charge in [-0.25, -0.2) is 4.99 Å². The lowest BCUT2D eigenvalue weighted by atomic mass is 10.1. The van der Waals surface area contributed by atoms with Crippen LogP contribution in [0.1, 0.15) is 12.5 Å². The van der Waals surface area contributed by atoms with E-state index in [2.05, 4.69) is 24.0 Å². The molecule has 8 heteroatoms. The number of rotatable bonds is 6. The molecule has 2 aliphatic rings. The second-order valence-corrected chi connectivity index (χ2v) is 10.4. The topological polar surface area (TPSA) is 45.1 Å². The molecule has 2 heterocycles. The van der Waals surface area contributed by atoms with Crippen molar-refractivity contribution in [3.8, 4) is 5.75 Å². The molecular weight excluding hydrogens is 498 g/mol. The third-order valence-electron chi connectivity index (χ3n) is 5.80. The Bertz CT molecular complexity index is 1310. The number of hydrogen-bond acceptors (Lipinski definition) is 6. The number of benzene rings is 3. The van der Waals surface area contributed by atoms with Gasteiger partial charge in [0.05, 0.1) is 18.5 Å². The smallest absolute Gasteiger partial charge is 0.269 e. The van der Waals surface area contributed by atoms with E-state index in [1.54, 1.807) is 23.8 Å². The summed E-state index contributed by atoms with van der Waals surface area (Å²) in [4.78, 5) is 24.4. The van der Waals surface area contributed by atoms with Gasteiger partial charge in [0.15, 0.2) is 5.17 Å². The molecule has 1 saturated heterocycles. The Morgan fingerprint density at radius 1 is 0.971 bits per heavy atom. The van der Waals surface area contributed by atoms with Crippen LogP contribution in [0.4, 0.5) is 11.4 Å². The second kappa shape index (κ2) is 10.4. The predicted octanol–water partition coefficient (Wildman–Crippen LogP) is 6.96. The number of nitrogens with zero attached hydrogens (tertiary/aromatic N) is 3. The second-order valence-electron chi connectivity index (χ2n) is 7.98. The molecule has 2 aliphatic heterocycles. The summed E-state index contributed by atoms with van der Waals surface area (Å²) in [6.45, 7) is 3.37. The number of methoxy groups -OCH3 is 1. The van der Waals surface area contributed by atoms with Crippen molar-refractivity contribution in [2.45, 2.75) is 18.2 Å². The van der Waals surface area contributed by atoms with Crippen LogP contribution in [0, 0.1) is 0 Å². The van der Waals surface area contributed by atoms with Crippen LogP contribution in [-0.4, -0.2) is 36.2 Å². The Balaban J connectivity index is 1.51. The number of anilines is 1. The van der Waals surface area contributed by atoms with Crippen LogP contribution in [0.15, 0.2) is 92.6 Å². The molecule has 0 radical (unpaired) electrons. The fourth-order valence-corrected chi connectivity index (χ4v) is 6.57. The summed E-state index contributed by atoms with van der Waals surface area (Å²) in [5, 5.41) is 2.30. The molecule has 0 unspecified atom stereocenters. The van der Waals surface area contributed by atoms with Crippen molar-refractivity contribution in [3.63, 3.8) is 0 Å². The number of thioether (sulfide) groups is 2. The van der Waals surface area contributed by atoms with Crippen molar-refractivity contribution in [1.82, 2.24) is 4.90 Å². The highest BCUT2D eigenvalue weighted by molar-refractivity contribution is 8.19. The Kier molecular flexibility index (Phi) is 7.09. The standard InChI is InChI=1S/C27H24ClN3O2S2/c1-3-30-22-17-19(28)9-14-23(22)34-26(30)24-25(32)31(16-15-18-7-5-4-6-8-18)27(35-24)29-20-10-12-21(33-2)13-11-20/h4-14,17H,3,15-16H2,1-2H3/b26-24-,29-27?. The molecule has 0 aromatic heterocycles. The molecule has 0 spiro atoms. The molecule has 0 saturated carbocycles. The van der Waals surface area contributed by atoms with E-state index in [0.29, 0.717) is 21.6 Å². The quantitative estimate of drug-likeness (QED) is 0.328. The molecule has 1 fully saturated rings. The number of amides is 1. The lowest BCUT2D eigenvalue weighted by molar-refractivity contribution is -0.122. The van der Waals surface area contributed by atoms with Gasteiger partial charge in [-0.3, -0.25) is 9.69 Å². The van der Waals surface area contributed by atoms with Gasteiger partial charge in [0, 0.05) is 23.0 Å². The van der Waals surface area contributed by atoms with E-state index < -0.39 is 0 Å². The summed E-state index contributed by atoms with van der Waals surface area (Å²) < 4.78 is 5.27. The van der Waals surface area contributed by atoms with Crippen LogP contribution in [0.3, 0.4) is 0 Å². The third kappa shape index (κ3) is 4.94. The van der Waals surface area contributed by atoms with Gasteiger partial charge < -0.3 is 9.64 Å². The van der Waals surface area contributed by atoms with Crippen molar-refractivity contribution in [3.05, 3.63) is 93.3 Å². The summed E-state index contributed by atoms with van der Waals surface area (Å²) in [7, 11) is 1.64. The van der Waals surface area contributed by atoms with Crippen LogP contribution in [0.2, 0.25) is 5.02 Å². The van der Waals surface area contributed by atoms with Crippen molar-refractivity contribution in [1.29, 1.82) is 0 Å². The van der Waals surface area contributed by atoms with Crippen LogP contribution >= 0.6 is 35.1 Å². The summed E-state index contributed by atoms with van der Waals surface area (Å²) in [6.07, 6.45) is 0.748. The number of hydrogen-bond donors (Lipinski definition) is 0. The van der Waals surface area contributed by atoms with Gasteiger partial charge >= 0.3 is 0 Å². The van der Waals surface area contributed by atoms with E-state index in [9.17, 15) is 4.79 Å². The third-order valence-corrected chi connectivity index (χ3v) is 8.42. The molecule has 5 rings (SSSR count). The molecular formula is C27H24ClN3O2S2. The summed E-state index contributed by atoms with van der Waals surface area (Å²) in [5.41, 5.74) is 3.00. The van der Waals surface area contributed by atoms with Crippen molar-refractivity contribution in [2.75, 3.05) is 25.1 Å². The van der Waals surface area contributed by atoms with E-state index >= 15 is 0 Å². The molecule has 0 atom stereocenters. The molecule has 0 N–H and O–H groups in total. The minimum Gasteiger partial charge on any atom is -0.497 e. The number of aliphatic imine (C=N–C) groups is 1. The highest BCUT2D eigenvalue weighted by atomic mass is 35.5. The summed E-state index contributed by atoms with van der Waals surface area (Å²) >= 11 is 9.33. The van der Waals surface area contributed by atoms with E-state index in [-0.39, 0.29) is 5.91 Å². The zero-order valence-corrected chi connectivity index (χ0v) is 21.8. The maximum Gasteiger partial charge on any atom is 0.269 e. The molecule has 3 aromatic carbocycles. The van der Waals surface area contributed by atoms with E-state index in [0.717, 1.165) is 40.0 Å². The van der Waals surface area contributed by atoms with Gasteiger partial charge in [0.1, 0.15) is 15.7 Å². The number of halogens is 1. The molecule has 1 amide bonds. The maximum atomic E-state index is 13.8. The lowest BCUT2D eigenvalue weighted by Crippen LogP contribution is -2.32. The number of ether oxygens (including phenoxy) is 1. The first-order valence-electron chi connectivity index (χ1n) is 11.3. The average Bonchev–Trinajstić information content (AvgIpc) is 3.39. The lowest BCUT2D eigenvalue weighted by Gasteiger charge is -2.19. The monoisotopic (exact) mass is 521 g/mol. The maximum absolute atomic E-state index is 13.8. The van der Waals surface area contributed by atoms with Gasteiger partial charge in [-0.1, -0.05) is 53.7 Å².